The number of piperidine rings is 1. The highest BCUT2D eigenvalue weighted by atomic mass is 16.2. The third-order valence-corrected chi connectivity index (χ3v) is 4.94. The largest absolute Gasteiger partial charge is 0.333 e. The van der Waals surface area contributed by atoms with Crippen molar-refractivity contribution < 1.29 is 4.79 Å². The van der Waals surface area contributed by atoms with E-state index < -0.39 is 0 Å². The van der Waals surface area contributed by atoms with Crippen molar-refractivity contribution in [1.29, 1.82) is 0 Å². The van der Waals surface area contributed by atoms with E-state index in [4.69, 9.17) is 0 Å². The van der Waals surface area contributed by atoms with E-state index in [0.29, 0.717) is 18.9 Å². The highest BCUT2D eigenvalue weighted by Gasteiger charge is 2.46. The third-order valence-electron chi connectivity index (χ3n) is 4.94. The van der Waals surface area contributed by atoms with Crippen LogP contribution in [0.15, 0.2) is 25.0 Å². The molecule has 1 aromatic rings. The molecule has 2 aliphatic heterocycles. The van der Waals surface area contributed by atoms with Crippen LogP contribution in [0.3, 0.4) is 0 Å². The molecule has 0 bridgehead atoms. The summed E-state index contributed by atoms with van der Waals surface area (Å²) in [5.74, 6) is 0.301. The molecule has 1 aromatic heterocycles. The predicted molar refractivity (Wildman–Crippen MR) is 81.6 cm³/mol. The fourth-order valence-corrected chi connectivity index (χ4v) is 3.76. The van der Waals surface area contributed by atoms with Crippen LogP contribution < -0.4 is 0 Å². The second kappa shape index (κ2) is 5.64. The van der Waals surface area contributed by atoms with E-state index in [9.17, 15) is 4.79 Å². The molecule has 3 rings (SSSR count). The third kappa shape index (κ3) is 2.75. The van der Waals surface area contributed by atoms with E-state index in [1.165, 1.54) is 5.56 Å². The highest BCUT2D eigenvalue weighted by molar-refractivity contribution is 5.80. The predicted octanol–water partition coefficient (Wildman–Crippen LogP) is 1.56. The summed E-state index contributed by atoms with van der Waals surface area (Å²) in [7, 11) is 1.95. The average Bonchev–Trinajstić information content (AvgIpc) is 3.01. The molecular weight excluding hydrogens is 264 g/mol. The number of likely N-dealkylation sites (tertiary alicyclic amines) is 2. The van der Waals surface area contributed by atoms with Gasteiger partial charge in [-0.1, -0.05) is 6.08 Å². The van der Waals surface area contributed by atoms with E-state index in [0.717, 1.165) is 38.9 Å². The number of nitrogens with zero attached hydrogens (tertiary/aromatic N) is 4. The van der Waals surface area contributed by atoms with Crippen molar-refractivity contribution in [3.05, 3.63) is 30.6 Å². The molecule has 1 amide bonds. The van der Waals surface area contributed by atoms with Crippen LogP contribution in [0.1, 0.15) is 31.2 Å². The Balaban J connectivity index is 1.61. The molecule has 2 saturated heterocycles. The van der Waals surface area contributed by atoms with E-state index in [-0.39, 0.29) is 5.54 Å². The highest BCUT2D eigenvalue weighted by Crippen LogP contribution is 2.39. The number of carbonyl (C=O) groups excluding carboxylic acids is 1. The lowest BCUT2D eigenvalue weighted by Crippen LogP contribution is -2.52. The molecule has 2 aliphatic rings. The van der Waals surface area contributed by atoms with Crippen molar-refractivity contribution in [3.8, 4) is 0 Å². The summed E-state index contributed by atoms with van der Waals surface area (Å²) in [6, 6.07) is 0. The van der Waals surface area contributed by atoms with Crippen LogP contribution in [0.5, 0.6) is 0 Å². The molecule has 114 valence electrons. The van der Waals surface area contributed by atoms with Gasteiger partial charge in [-0.2, -0.15) is 5.10 Å². The van der Waals surface area contributed by atoms with Gasteiger partial charge in [0.2, 0.25) is 5.91 Å². The van der Waals surface area contributed by atoms with E-state index in [2.05, 4.69) is 27.7 Å². The van der Waals surface area contributed by atoms with Gasteiger partial charge >= 0.3 is 0 Å². The summed E-state index contributed by atoms with van der Waals surface area (Å²) in [5.41, 5.74) is 1.36. The Morgan fingerprint density at radius 2 is 2.14 bits per heavy atom. The lowest BCUT2D eigenvalue weighted by atomic mass is 9.85. The Kier molecular flexibility index (Phi) is 3.85. The Labute approximate surface area is 126 Å². The zero-order chi connectivity index (χ0) is 14.9. The molecule has 21 heavy (non-hydrogen) atoms. The Hall–Kier alpha value is -1.62. The van der Waals surface area contributed by atoms with Crippen molar-refractivity contribution in [2.45, 2.75) is 37.8 Å². The standard InChI is InChI=1S/C16H24N4O/c1-3-8-20-15(21)4-5-16(20)6-9-19(10-7-16)13-14-11-17-18(2)12-14/h3,11-12H,1,4-10,13H2,2H3. The second-order valence-electron chi connectivity index (χ2n) is 6.32. The van der Waals surface area contributed by atoms with Gasteiger partial charge in [0.25, 0.3) is 0 Å². The molecule has 0 radical (unpaired) electrons. The number of hydrogen-bond acceptors (Lipinski definition) is 3. The van der Waals surface area contributed by atoms with Gasteiger partial charge in [-0.15, -0.1) is 6.58 Å². The number of aromatic nitrogens is 2. The van der Waals surface area contributed by atoms with Gasteiger partial charge in [0.15, 0.2) is 0 Å². The SMILES string of the molecule is C=CCN1C(=O)CCC12CCN(Cc1cnn(C)c1)CC2. The molecule has 5 nitrogen and oxygen atoms in total. The smallest absolute Gasteiger partial charge is 0.223 e. The lowest BCUT2D eigenvalue weighted by molar-refractivity contribution is -0.131. The molecule has 0 N–H and O–H groups in total. The first kappa shape index (κ1) is 14.3. The molecule has 0 saturated carbocycles. The van der Waals surface area contributed by atoms with Crippen molar-refractivity contribution in [1.82, 2.24) is 19.6 Å². The minimum Gasteiger partial charge on any atom is -0.333 e. The number of hydrogen-bond donors (Lipinski definition) is 0. The molecule has 0 aliphatic carbocycles. The summed E-state index contributed by atoms with van der Waals surface area (Å²) in [6.45, 7) is 7.55. The Morgan fingerprint density at radius 1 is 1.38 bits per heavy atom. The number of rotatable bonds is 4. The molecule has 2 fully saturated rings. The van der Waals surface area contributed by atoms with Crippen molar-refractivity contribution in [2.24, 2.45) is 7.05 Å². The van der Waals surface area contributed by atoms with Gasteiger partial charge < -0.3 is 4.90 Å². The summed E-state index contributed by atoms with van der Waals surface area (Å²) in [6.07, 6.45) is 9.74. The minimum atomic E-state index is 0.0940. The van der Waals surface area contributed by atoms with Crippen LogP contribution >= 0.6 is 0 Å². The van der Waals surface area contributed by atoms with Crippen LogP contribution in [-0.4, -0.2) is 50.7 Å². The van der Waals surface area contributed by atoms with Gasteiger partial charge in [0, 0.05) is 56.9 Å². The first-order valence-electron chi connectivity index (χ1n) is 7.74. The quantitative estimate of drug-likeness (QED) is 0.790. The maximum absolute atomic E-state index is 12.1. The molecular formula is C16H24N4O. The fraction of sp³-hybridized carbons (Fsp3) is 0.625. The fourth-order valence-electron chi connectivity index (χ4n) is 3.76. The van der Waals surface area contributed by atoms with Crippen LogP contribution in [-0.2, 0) is 18.4 Å². The minimum absolute atomic E-state index is 0.0940. The zero-order valence-corrected chi connectivity index (χ0v) is 12.8. The van der Waals surface area contributed by atoms with E-state index in [1.54, 1.807) is 0 Å². The molecule has 0 unspecified atom stereocenters. The molecule has 5 heteroatoms. The summed E-state index contributed by atoms with van der Waals surface area (Å²) >= 11 is 0. The number of amides is 1. The topological polar surface area (TPSA) is 41.4 Å². The van der Waals surface area contributed by atoms with Gasteiger partial charge in [0.1, 0.15) is 0 Å². The van der Waals surface area contributed by atoms with Crippen LogP contribution in [0.25, 0.3) is 0 Å². The van der Waals surface area contributed by atoms with Crippen molar-refractivity contribution in [3.63, 3.8) is 0 Å². The zero-order valence-electron chi connectivity index (χ0n) is 12.8. The van der Waals surface area contributed by atoms with E-state index >= 15 is 0 Å². The van der Waals surface area contributed by atoms with Crippen LogP contribution in [0, 0.1) is 0 Å². The normalized spacial score (nSPS) is 22.1. The molecule has 0 atom stereocenters. The van der Waals surface area contributed by atoms with Crippen molar-refractivity contribution in [2.75, 3.05) is 19.6 Å². The summed E-state index contributed by atoms with van der Waals surface area (Å²) < 4.78 is 1.85. The first-order chi connectivity index (χ1) is 10.1. The first-order valence-corrected chi connectivity index (χ1v) is 7.74. The van der Waals surface area contributed by atoms with Crippen molar-refractivity contribution >= 4 is 5.91 Å². The molecule has 0 aromatic carbocycles. The summed E-state index contributed by atoms with van der Waals surface area (Å²) in [4.78, 5) is 16.6. The summed E-state index contributed by atoms with van der Waals surface area (Å²) in [5, 5.41) is 4.23. The maximum atomic E-state index is 12.1. The van der Waals surface area contributed by atoms with Gasteiger partial charge in [-0.05, 0) is 19.3 Å². The van der Waals surface area contributed by atoms with Gasteiger partial charge in [0.05, 0.1) is 6.20 Å². The van der Waals surface area contributed by atoms with E-state index in [1.807, 2.05) is 24.0 Å². The number of aryl methyl sites for hydroxylation is 1. The van der Waals surface area contributed by atoms with Crippen LogP contribution in [0.4, 0.5) is 0 Å². The Morgan fingerprint density at radius 3 is 2.76 bits per heavy atom. The Bertz CT molecular complexity index is 528. The molecule has 1 spiro atoms. The monoisotopic (exact) mass is 288 g/mol. The second-order valence-corrected chi connectivity index (χ2v) is 6.32. The molecule has 3 heterocycles. The number of carbonyl (C=O) groups is 1. The lowest BCUT2D eigenvalue weighted by Gasteiger charge is -2.44. The maximum Gasteiger partial charge on any atom is 0.223 e. The van der Waals surface area contributed by atoms with Gasteiger partial charge in [-0.25, -0.2) is 0 Å². The van der Waals surface area contributed by atoms with Gasteiger partial charge in [-0.3, -0.25) is 14.4 Å². The average molecular weight is 288 g/mol. The van der Waals surface area contributed by atoms with Crippen LogP contribution in [0.2, 0.25) is 0 Å².